The average molecular weight is 549 g/mol. The number of aryl methyl sites for hydroxylation is 2. The Hall–Kier alpha value is -3.75. The van der Waals surface area contributed by atoms with Gasteiger partial charge in [-0.3, -0.25) is 4.79 Å². The smallest absolute Gasteiger partial charge is 0.226 e. The Morgan fingerprint density at radius 3 is 1.82 bits per heavy atom. The maximum Gasteiger partial charge on any atom is 0.226 e. The molecule has 7 rings (SSSR count). The lowest BCUT2D eigenvalue weighted by molar-refractivity contribution is -0.114. The van der Waals surface area contributed by atoms with Gasteiger partial charge in [0.05, 0.1) is 35.7 Å². The van der Waals surface area contributed by atoms with Gasteiger partial charge < -0.3 is 9.47 Å². The number of benzene rings is 3. The molecule has 0 atom stereocenters. The molecule has 0 saturated carbocycles. The lowest BCUT2D eigenvalue weighted by Crippen LogP contribution is -2.36. The number of hydrogen-bond donors (Lipinski definition) is 0. The highest BCUT2D eigenvalue weighted by atomic mass is 32.1. The van der Waals surface area contributed by atoms with Crippen LogP contribution in [0, 0.1) is 13.8 Å². The third-order valence-corrected chi connectivity index (χ3v) is 9.17. The van der Waals surface area contributed by atoms with Crippen LogP contribution < -0.4 is 0 Å². The molecule has 1 fully saturated rings. The second-order valence-electron chi connectivity index (χ2n) is 9.52. The van der Waals surface area contributed by atoms with Crippen molar-refractivity contribution < 1.29 is 14.3 Å². The second kappa shape index (κ2) is 9.47. The summed E-state index contributed by atoms with van der Waals surface area (Å²) in [7, 11) is 0. The monoisotopic (exact) mass is 548 g/mol. The van der Waals surface area contributed by atoms with Crippen molar-refractivity contribution in [2.45, 2.75) is 19.6 Å². The molecule has 0 unspecified atom stereocenters. The average Bonchev–Trinajstić information content (AvgIpc) is 3.71. The molecule has 5 aromatic rings. The topological polar surface area (TPSA) is 61.3 Å². The van der Waals surface area contributed by atoms with Crippen LogP contribution in [-0.2, 0) is 15.3 Å². The lowest BCUT2D eigenvalue weighted by Gasteiger charge is -2.36. The third kappa shape index (κ3) is 3.85. The molecule has 2 aliphatic rings. The van der Waals surface area contributed by atoms with Crippen molar-refractivity contribution in [2.75, 3.05) is 13.2 Å². The van der Waals surface area contributed by atoms with E-state index in [1.165, 1.54) is 0 Å². The molecule has 2 aromatic heterocycles. The first-order valence-corrected chi connectivity index (χ1v) is 14.4. The number of carbonyl (C=O) groups excluding carboxylic acids is 1. The highest BCUT2D eigenvalue weighted by molar-refractivity contribution is 7.15. The fourth-order valence-electron chi connectivity index (χ4n) is 5.39. The van der Waals surface area contributed by atoms with Gasteiger partial charge in [-0.2, -0.15) is 0 Å². The SMILES string of the molecule is Cc1sc(-c2ccccc2)nc1C1=C(c2nc(-c3ccccc3)sc2C)C2(OCCO2)c2ccccc2C1=O. The molecule has 3 heterocycles. The van der Waals surface area contributed by atoms with Crippen LogP contribution in [0.2, 0.25) is 0 Å². The Morgan fingerprint density at radius 1 is 0.692 bits per heavy atom. The first-order valence-electron chi connectivity index (χ1n) is 12.8. The minimum absolute atomic E-state index is 0.0907. The predicted octanol–water partition coefficient (Wildman–Crippen LogP) is 7.56. The highest BCUT2D eigenvalue weighted by Gasteiger charge is 2.52. The van der Waals surface area contributed by atoms with Crippen molar-refractivity contribution in [1.82, 2.24) is 9.97 Å². The minimum atomic E-state index is -1.24. The summed E-state index contributed by atoms with van der Waals surface area (Å²) in [6.45, 7) is 4.89. The van der Waals surface area contributed by atoms with Gasteiger partial charge in [0, 0.05) is 32.0 Å². The largest absolute Gasteiger partial charge is 0.340 e. The number of fused-ring (bicyclic) bond motifs is 2. The zero-order valence-electron chi connectivity index (χ0n) is 21.4. The number of ether oxygens (including phenoxy) is 2. The van der Waals surface area contributed by atoms with E-state index >= 15 is 0 Å². The predicted molar refractivity (Wildman–Crippen MR) is 156 cm³/mol. The summed E-state index contributed by atoms with van der Waals surface area (Å²) in [5, 5.41) is 1.75. The Labute approximate surface area is 234 Å². The van der Waals surface area contributed by atoms with Crippen molar-refractivity contribution in [3.63, 3.8) is 0 Å². The van der Waals surface area contributed by atoms with Crippen LogP contribution in [0.1, 0.15) is 37.1 Å². The summed E-state index contributed by atoms with van der Waals surface area (Å²) >= 11 is 3.19. The number of hydrogen-bond acceptors (Lipinski definition) is 7. The van der Waals surface area contributed by atoms with E-state index < -0.39 is 5.79 Å². The van der Waals surface area contributed by atoms with Crippen LogP contribution in [0.5, 0.6) is 0 Å². The molecule has 0 N–H and O–H groups in total. The number of allylic oxidation sites excluding steroid dienone is 1. The van der Waals surface area contributed by atoms with Gasteiger partial charge in [-0.05, 0) is 13.8 Å². The number of ketones is 1. The van der Waals surface area contributed by atoms with E-state index in [1.807, 2.05) is 98.8 Å². The van der Waals surface area contributed by atoms with Crippen molar-refractivity contribution >= 4 is 39.6 Å². The van der Waals surface area contributed by atoms with E-state index in [0.29, 0.717) is 41.3 Å². The number of aromatic nitrogens is 2. The molecular formula is C32H24N2O3S2. The number of nitrogens with zero attached hydrogens (tertiary/aromatic N) is 2. The van der Waals surface area contributed by atoms with Gasteiger partial charge >= 0.3 is 0 Å². The Balaban J connectivity index is 1.53. The van der Waals surface area contributed by atoms with Crippen LogP contribution >= 0.6 is 22.7 Å². The van der Waals surface area contributed by atoms with Crippen LogP contribution in [0.3, 0.4) is 0 Å². The summed E-state index contributed by atoms with van der Waals surface area (Å²) in [5.41, 5.74) is 5.85. The minimum Gasteiger partial charge on any atom is -0.340 e. The Morgan fingerprint density at radius 2 is 1.21 bits per heavy atom. The zero-order chi connectivity index (χ0) is 26.6. The van der Waals surface area contributed by atoms with E-state index in [9.17, 15) is 4.79 Å². The van der Waals surface area contributed by atoms with Crippen LogP contribution in [0.25, 0.3) is 32.3 Å². The van der Waals surface area contributed by atoms with Gasteiger partial charge in [0.25, 0.3) is 0 Å². The first kappa shape index (κ1) is 24.3. The molecule has 0 radical (unpaired) electrons. The zero-order valence-corrected chi connectivity index (χ0v) is 23.1. The Kier molecular flexibility index (Phi) is 5.90. The second-order valence-corrected chi connectivity index (χ2v) is 11.9. The van der Waals surface area contributed by atoms with Gasteiger partial charge in [0.2, 0.25) is 5.79 Å². The quantitative estimate of drug-likeness (QED) is 0.232. The summed E-state index contributed by atoms with van der Waals surface area (Å²) in [6, 6.07) is 27.7. The molecular weight excluding hydrogens is 524 g/mol. The van der Waals surface area contributed by atoms with Gasteiger partial charge in [-0.1, -0.05) is 84.9 Å². The molecule has 1 saturated heterocycles. The number of Topliss-reactive ketones (excluding diaryl/α,β-unsaturated/α-hetero) is 1. The number of thiazole rings is 2. The van der Waals surface area contributed by atoms with Crippen molar-refractivity contribution in [1.29, 1.82) is 0 Å². The fraction of sp³-hybridized carbons (Fsp3) is 0.156. The van der Waals surface area contributed by atoms with Gasteiger partial charge in [0.1, 0.15) is 10.0 Å². The van der Waals surface area contributed by atoms with Crippen molar-refractivity contribution in [2.24, 2.45) is 0 Å². The molecule has 0 amide bonds. The maximum absolute atomic E-state index is 14.4. The third-order valence-electron chi connectivity index (χ3n) is 7.13. The maximum atomic E-state index is 14.4. The summed E-state index contributed by atoms with van der Waals surface area (Å²) in [5.74, 6) is -1.33. The van der Waals surface area contributed by atoms with Crippen LogP contribution in [0.15, 0.2) is 84.9 Å². The van der Waals surface area contributed by atoms with E-state index in [2.05, 4.69) is 0 Å². The molecule has 5 nitrogen and oxygen atoms in total. The molecule has 192 valence electrons. The fourth-order valence-corrected chi connectivity index (χ4v) is 7.24. The molecule has 1 aliphatic heterocycles. The number of carbonyl (C=O) groups is 1. The number of rotatable bonds is 4. The summed E-state index contributed by atoms with van der Waals surface area (Å²) in [4.78, 5) is 26.5. The van der Waals surface area contributed by atoms with Crippen molar-refractivity contribution in [3.8, 4) is 21.1 Å². The highest BCUT2D eigenvalue weighted by Crippen LogP contribution is 2.54. The van der Waals surface area contributed by atoms with E-state index in [1.54, 1.807) is 22.7 Å². The molecule has 1 spiro atoms. The van der Waals surface area contributed by atoms with Crippen molar-refractivity contribution in [3.05, 3.63) is 117 Å². The summed E-state index contributed by atoms with van der Waals surface area (Å²) in [6.07, 6.45) is 0. The molecule has 0 bridgehead atoms. The Bertz CT molecular complexity index is 1750. The van der Waals surface area contributed by atoms with Crippen LogP contribution in [0.4, 0.5) is 0 Å². The van der Waals surface area contributed by atoms with E-state index in [-0.39, 0.29) is 5.78 Å². The normalized spacial score (nSPS) is 16.2. The van der Waals surface area contributed by atoms with E-state index in [0.717, 1.165) is 36.5 Å². The molecule has 1 aliphatic carbocycles. The van der Waals surface area contributed by atoms with Gasteiger partial charge in [0.15, 0.2) is 5.78 Å². The van der Waals surface area contributed by atoms with Crippen LogP contribution in [-0.4, -0.2) is 29.0 Å². The first-order chi connectivity index (χ1) is 19.1. The molecule has 3 aromatic carbocycles. The molecule has 39 heavy (non-hydrogen) atoms. The summed E-state index contributed by atoms with van der Waals surface area (Å²) < 4.78 is 13.0. The lowest BCUT2D eigenvalue weighted by atomic mass is 9.77. The van der Waals surface area contributed by atoms with Gasteiger partial charge in [-0.25, -0.2) is 9.97 Å². The van der Waals surface area contributed by atoms with Gasteiger partial charge in [-0.15, -0.1) is 22.7 Å². The van der Waals surface area contributed by atoms with E-state index in [4.69, 9.17) is 19.4 Å². The standard InChI is InChI=1S/C32H24N2O3S2/c1-19-27(33-30(38-19)21-11-5-3-6-12-21)25-26(28-20(2)39-31(34-28)22-13-7-4-8-14-22)32(36-17-18-37-32)24-16-10-9-15-23(24)29(25)35/h3-16H,17-18H2,1-2H3. The molecule has 7 heteroatoms.